The van der Waals surface area contributed by atoms with E-state index in [-0.39, 0.29) is 5.92 Å². The molecule has 1 atom stereocenters. The number of nitrogens with one attached hydrogen (secondary N) is 1. The highest BCUT2D eigenvalue weighted by atomic mass is 32.2. The minimum absolute atomic E-state index is 0.0318. The molecule has 7 nitrogen and oxygen atoms in total. The van der Waals surface area contributed by atoms with Gasteiger partial charge >= 0.3 is 6.03 Å². The minimum Gasteiger partial charge on any atom is -0.351 e. The summed E-state index contributed by atoms with van der Waals surface area (Å²) in [5.41, 5.74) is 7.13. The maximum absolute atomic E-state index is 12.3. The summed E-state index contributed by atoms with van der Waals surface area (Å²) >= 11 is 1.25. The quantitative estimate of drug-likeness (QED) is 0.574. The Balaban J connectivity index is 2.38. The second kappa shape index (κ2) is 8.66. The van der Waals surface area contributed by atoms with Gasteiger partial charge in [-0.25, -0.2) is 4.79 Å². The lowest BCUT2D eigenvalue weighted by Crippen LogP contribution is -2.42. The molecule has 0 aliphatic heterocycles. The van der Waals surface area contributed by atoms with Crippen LogP contribution in [0.25, 0.3) is 11.4 Å². The lowest BCUT2D eigenvalue weighted by molar-refractivity contribution is -0.120. The van der Waals surface area contributed by atoms with Crippen molar-refractivity contribution >= 4 is 23.7 Å². The molecule has 0 radical (unpaired) electrons. The molecule has 8 heteroatoms. The van der Waals surface area contributed by atoms with E-state index in [0.717, 1.165) is 11.1 Å². The highest BCUT2D eigenvalue weighted by Gasteiger charge is 2.27. The van der Waals surface area contributed by atoms with Gasteiger partial charge in [-0.1, -0.05) is 55.4 Å². The number of hydrogen-bond donors (Lipinski definition) is 2. The third-order valence-electron chi connectivity index (χ3n) is 3.65. The number of nitrogens with zero attached hydrogens (tertiary/aromatic N) is 3. The third-order valence-corrected chi connectivity index (χ3v) is 5.17. The van der Waals surface area contributed by atoms with Crippen LogP contribution in [0.4, 0.5) is 4.79 Å². The van der Waals surface area contributed by atoms with Crippen LogP contribution >= 0.6 is 11.8 Å². The first-order chi connectivity index (χ1) is 12.3. The number of thioether (sulfide) groups is 1. The number of carbonyl (C=O) groups excluding carboxylic acids is 2. The molecule has 0 aliphatic carbocycles. The summed E-state index contributed by atoms with van der Waals surface area (Å²) in [4.78, 5) is 23.3. The predicted molar refractivity (Wildman–Crippen MR) is 103 cm³/mol. The standard InChI is InChI=1S/C18H23N5O2S/c1-5-9-23-15(13-8-6-7-12(4)10-13)21-22-18(23)26-14(11(2)3)16(24)20-17(19)25/h5-8,10-11,14H,1,9H2,2-4H3,(H3,19,20,24,25). The third kappa shape index (κ3) is 4.72. The van der Waals surface area contributed by atoms with Gasteiger partial charge in [0.1, 0.15) is 0 Å². The Bertz CT molecular complexity index is 816. The number of aromatic nitrogens is 3. The maximum atomic E-state index is 12.3. The van der Waals surface area contributed by atoms with E-state index in [9.17, 15) is 9.59 Å². The van der Waals surface area contributed by atoms with Crippen LogP contribution in [0.15, 0.2) is 42.1 Å². The molecule has 1 aromatic carbocycles. The number of primary amides is 1. The van der Waals surface area contributed by atoms with Crippen LogP contribution in [-0.2, 0) is 11.3 Å². The molecule has 1 unspecified atom stereocenters. The van der Waals surface area contributed by atoms with Gasteiger partial charge in [-0.05, 0) is 18.9 Å². The van der Waals surface area contributed by atoms with Crippen molar-refractivity contribution < 1.29 is 9.59 Å². The molecule has 0 spiro atoms. The molecule has 2 aromatic rings. The topological polar surface area (TPSA) is 103 Å². The van der Waals surface area contributed by atoms with Crippen molar-refractivity contribution in [3.63, 3.8) is 0 Å². The predicted octanol–water partition coefficient (Wildman–Crippen LogP) is 2.75. The molecule has 138 valence electrons. The molecule has 1 heterocycles. The number of aryl methyl sites for hydroxylation is 1. The largest absolute Gasteiger partial charge is 0.351 e. The first kappa shape index (κ1) is 19.7. The first-order valence-corrected chi connectivity index (χ1v) is 9.09. The number of carbonyl (C=O) groups is 2. The van der Waals surface area contributed by atoms with E-state index in [1.807, 2.05) is 49.6 Å². The highest BCUT2D eigenvalue weighted by molar-refractivity contribution is 8.00. The van der Waals surface area contributed by atoms with Gasteiger partial charge in [0.25, 0.3) is 0 Å². The van der Waals surface area contributed by atoms with Crippen LogP contribution in [0.1, 0.15) is 19.4 Å². The zero-order valence-electron chi connectivity index (χ0n) is 15.1. The Morgan fingerprint density at radius 3 is 2.69 bits per heavy atom. The summed E-state index contributed by atoms with van der Waals surface area (Å²) in [6.07, 6.45) is 1.75. The lowest BCUT2D eigenvalue weighted by Gasteiger charge is -2.18. The molecule has 2 rings (SSSR count). The molecule has 3 amide bonds. The zero-order chi connectivity index (χ0) is 19.3. The van der Waals surface area contributed by atoms with Gasteiger partial charge in [0, 0.05) is 12.1 Å². The molecular formula is C18H23N5O2S. The summed E-state index contributed by atoms with van der Waals surface area (Å²) in [7, 11) is 0. The zero-order valence-corrected chi connectivity index (χ0v) is 15.9. The van der Waals surface area contributed by atoms with Gasteiger partial charge in [-0.2, -0.15) is 0 Å². The number of benzene rings is 1. The normalized spacial score (nSPS) is 12.0. The Labute approximate surface area is 157 Å². The summed E-state index contributed by atoms with van der Waals surface area (Å²) in [6, 6.07) is 7.09. The Morgan fingerprint density at radius 2 is 2.12 bits per heavy atom. The number of amides is 3. The van der Waals surface area contributed by atoms with Crippen LogP contribution in [0.2, 0.25) is 0 Å². The fourth-order valence-corrected chi connectivity index (χ4v) is 3.51. The highest BCUT2D eigenvalue weighted by Crippen LogP contribution is 2.30. The summed E-state index contributed by atoms with van der Waals surface area (Å²) in [5.74, 6) is 0.229. The van der Waals surface area contributed by atoms with Crippen molar-refractivity contribution in [2.24, 2.45) is 11.7 Å². The van der Waals surface area contributed by atoms with E-state index in [1.165, 1.54) is 11.8 Å². The van der Waals surface area contributed by atoms with E-state index >= 15 is 0 Å². The van der Waals surface area contributed by atoms with E-state index < -0.39 is 17.2 Å². The number of allylic oxidation sites excluding steroid dienone is 1. The average molecular weight is 373 g/mol. The van der Waals surface area contributed by atoms with Crippen LogP contribution < -0.4 is 11.1 Å². The molecule has 1 aromatic heterocycles. The van der Waals surface area contributed by atoms with Gasteiger partial charge in [0.15, 0.2) is 11.0 Å². The van der Waals surface area contributed by atoms with E-state index in [0.29, 0.717) is 17.5 Å². The second-order valence-electron chi connectivity index (χ2n) is 6.21. The molecule has 0 fully saturated rings. The monoisotopic (exact) mass is 373 g/mol. The molecule has 0 bridgehead atoms. The summed E-state index contributed by atoms with van der Waals surface area (Å²) in [5, 5.41) is 10.8. The minimum atomic E-state index is -0.866. The molecule has 0 saturated carbocycles. The molecule has 0 saturated heterocycles. The van der Waals surface area contributed by atoms with E-state index in [1.54, 1.807) is 6.08 Å². The number of rotatable bonds is 7. The Morgan fingerprint density at radius 1 is 1.38 bits per heavy atom. The van der Waals surface area contributed by atoms with Crippen LogP contribution in [0, 0.1) is 12.8 Å². The second-order valence-corrected chi connectivity index (χ2v) is 7.32. The molecule has 0 aliphatic rings. The van der Waals surface area contributed by atoms with Crippen molar-refractivity contribution in [2.45, 2.75) is 37.7 Å². The average Bonchev–Trinajstić information content (AvgIpc) is 2.94. The van der Waals surface area contributed by atoms with Crippen LogP contribution in [-0.4, -0.2) is 32.0 Å². The number of nitrogens with two attached hydrogens (primary N) is 1. The molecular weight excluding hydrogens is 350 g/mol. The van der Waals surface area contributed by atoms with E-state index in [4.69, 9.17) is 5.73 Å². The molecule has 26 heavy (non-hydrogen) atoms. The van der Waals surface area contributed by atoms with Crippen molar-refractivity contribution in [2.75, 3.05) is 0 Å². The van der Waals surface area contributed by atoms with Crippen molar-refractivity contribution in [1.29, 1.82) is 0 Å². The Kier molecular flexibility index (Phi) is 6.57. The van der Waals surface area contributed by atoms with Gasteiger partial charge in [0.05, 0.1) is 5.25 Å². The number of imide groups is 1. The summed E-state index contributed by atoms with van der Waals surface area (Å²) in [6.45, 7) is 10.1. The van der Waals surface area contributed by atoms with Gasteiger partial charge < -0.3 is 5.73 Å². The van der Waals surface area contributed by atoms with Gasteiger partial charge in [0.2, 0.25) is 5.91 Å². The summed E-state index contributed by atoms with van der Waals surface area (Å²) < 4.78 is 1.90. The maximum Gasteiger partial charge on any atom is 0.318 e. The van der Waals surface area contributed by atoms with Gasteiger partial charge in [-0.3, -0.25) is 14.7 Å². The molecule has 3 N–H and O–H groups in total. The Hall–Kier alpha value is -2.61. The van der Waals surface area contributed by atoms with Crippen molar-refractivity contribution in [1.82, 2.24) is 20.1 Å². The SMILES string of the molecule is C=CCn1c(SC(C(=O)NC(N)=O)C(C)C)nnc1-c1cccc(C)c1. The number of hydrogen-bond acceptors (Lipinski definition) is 5. The van der Waals surface area contributed by atoms with Crippen molar-refractivity contribution in [3.8, 4) is 11.4 Å². The lowest BCUT2D eigenvalue weighted by atomic mass is 10.1. The number of urea groups is 1. The first-order valence-electron chi connectivity index (χ1n) is 8.21. The fourth-order valence-electron chi connectivity index (χ4n) is 2.47. The van der Waals surface area contributed by atoms with E-state index in [2.05, 4.69) is 22.1 Å². The van der Waals surface area contributed by atoms with Gasteiger partial charge in [-0.15, -0.1) is 16.8 Å². The smallest absolute Gasteiger partial charge is 0.318 e. The van der Waals surface area contributed by atoms with Crippen LogP contribution in [0.5, 0.6) is 0 Å². The van der Waals surface area contributed by atoms with Crippen LogP contribution in [0.3, 0.4) is 0 Å². The van der Waals surface area contributed by atoms with Crippen molar-refractivity contribution in [3.05, 3.63) is 42.5 Å². The fraction of sp³-hybridized carbons (Fsp3) is 0.333.